The quantitative estimate of drug-likeness (QED) is 0.0211. The SMILES string of the molecule is CC/C=C\C/C=C\C/C=C\C/C=C\C/C=C\C/C=C\C/C=C\C/C=C\C/C=C\CCCCCC(=O)OC(COC(=O)CCC/C=C\C/C=C\C/C=C\C/C=C\C/C=C\C/C=C\C/C=C\C/C=C\C/C=C\CC)COP(=O)(O)OCC[N+](C)(C)C. The molecule has 10 heteroatoms. The third-order valence-corrected chi connectivity index (χ3v) is 13.0. The smallest absolute Gasteiger partial charge is 0.462 e. The molecule has 466 valence electrons. The summed E-state index contributed by atoms with van der Waals surface area (Å²) < 4.78 is 34.5. The fourth-order valence-corrected chi connectivity index (χ4v) is 7.98. The number of nitrogens with zero attached hydrogens (tertiary/aromatic N) is 1. The topological polar surface area (TPSA) is 108 Å². The van der Waals surface area contributed by atoms with Gasteiger partial charge in [0.15, 0.2) is 6.10 Å². The molecule has 1 N–H and O–H groups in total. The second-order valence-corrected chi connectivity index (χ2v) is 22.4. The fraction of sp³-hybridized carbons (Fsp3) is 0.486. The first kappa shape index (κ1) is 78.3. The molecule has 0 aromatic heterocycles. The minimum Gasteiger partial charge on any atom is -0.462 e. The van der Waals surface area contributed by atoms with Crippen LogP contribution in [0.15, 0.2) is 219 Å². The molecule has 0 rings (SSSR count). The number of phosphoric acid groups is 1. The highest BCUT2D eigenvalue weighted by Gasteiger charge is 2.27. The van der Waals surface area contributed by atoms with Gasteiger partial charge in [-0.3, -0.25) is 18.6 Å². The van der Waals surface area contributed by atoms with Crippen LogP contribution in [-0.2, 0) is 32.7 Å². The number of allylic oxidation sites excluding steroid dienone is 36. The average molecular weight is 1180 g/mol. The van der Waals surface area contributed by atoms with Gasteiger partial charge in [0.1, 0.15) is 19.8 Å². The Bertz CT molecular complexity index is 2210. The van der Waals surface area contributed by atoms with Crippen LogP contribution in [0.25, 0.3) is 0 Å². The number of carbonyl (C=O) groups is 2. The molecule has 0 spiro atoms. The van der Waals surface area contributed by atoms with E-state index in [1.165, 1.54) is 0 Å². The molecule has 2 atom stereocenters. The van der Waals surface area contributed by atoms with Gasteiger partial charge in [-0.15, -0.1) is 0 Å². The minimum atomic E-state index is -4.43. The summed E-state index contributed by atoms with van der Waals surface area (Å²) >= 11 is 0. The van der Waals surface area contributed by atoms with Crippen molar-refractivity contribution in [3.8, 4) is 0 Å². The summed E-state index contributed by atoms with van der Waals surface area (Å²) in [6.45, 7) is 4.05. The molecule has 0 aliphatic rings. The van der Waals surface area contributed by atoms with Gasteiger partial charge in [-0.1, -0.05) is 239 Å². The average Bonchev–Trinajstić information content (AvgIpc) is 3.61. The Labute approximate surface area is 512 Å². The van der Waals surface area contributed by atoms with Crippen LogP contribution in [0.3, 0.4) is 0 Å². The molecular formula is C74H113NO8P+. The van der Waals surface area contributed by atoms with E-state index in [2.05, 4.69) is 233 Å². The van der Waals surface area contributed by atoms with E-state index in [0.717, 1.165) is 135 Å². The standard InChI is InChI=1S/C74H112NO8P/c1-6-8-10-12-14-16-18-20-22-24-26-28-30-32-34-36-37-39-41-43-45-47-49-51-53-55-57-59-61-63-65-67-74(77)83-72(71-82-84(78,79)81-69-68-75(3,4)5)70-80-73(76)66-64-62-60-58-56-54-52-50-48-46-44-42-40-38-35-33-31-29-27-25-23-21-19-17-15-13-11-9-7-2/h8-11,14-17,20-23,26-29,32-35,37,39-40,42-43,45-46,48-49,51-52,54-55,57-58,60,72H,6-7,12-13,18-19,24-25,30-31,36,38,41,44,47,50,53,56,59,61-71H2,1-5H3/p+1/b10-8-,11-9-,16-14-,17-15-,22-20-,23-21-,28-26-,29-27-,34-32-,35-33-,39-37-,42-40-,45-43-,48-46-,51-49-,54-52-,57-55-,60-58-. The van der Waals surface area contributed by atoms with E-state index >= 15 is 0 Å². The third kappa shape index (κ3) is 65.5. The normalized spacial score (nSPS) is 14.7. The predicted molar refractivity (Wildman–Crippen MR) is 361 cm³/mol. The highest BCUT2D eigenvalue weighted by molar-refractivity contribution is 7.47. The Morgan fingerprint density at radius 1 is 0.369 bits per heavy atom. The molecule has 2 unspecified atom stereocenters. The lowest BCUT2D eigenvalue weighted by molar-refractivity contribution is -0.870. The van der Waals surface area contributed by atoms with Crippen molar-refractivity contribution < 1.29 is 42.1 Å². The first-order chi connectivity index (χ1) is 41.0. The van der Waals surface area contributed by atoms with Crippen LogP contribution < -0.4 is 0 Å². The monoisotopic (exact) mass is 1170 g/mol. The number of carbonyl (C=O) groups excluding carboxylic acids is 2. The Morgan fingerprint density at radius 2 is 0.655 bits per heavy atom. The van der Waals surface area contributed by atoms with Gasteiger partial charge in [0, 0.05) is 12.8 Å². The van der Waals surface area contributed by atoms with Gasteiger partial charge in [0.2, 0.25) is 0 Å². The Morgan fingerprint density at radius 3 is 0.964 bits per heavy atom. The minimum absolute atomic E-state index is 0.00143. The number of esters is 2. The zero-order chi connectivity index (χ0) is 61.2. The maximum Gasteiger partial charge on any atom is 0.472 e. The molecule has 0 saturated carbocycles. The summed E-state index contributed by atoms with van der Waals surface area (Å²) in [6, 6.07) is 0. The van der Waals surface area contributed by atoms with Crippen molar-refractivity contribution in [2.24, 2.45) is 0 Å². The second-order valence-electron chi connectivity index (χ2n) is 21.0. The molecule has 0 amide bonds. The van der Waals surface area contributed by atoms with Crippen molar-refractivity contribution in [3.63, 3.8) is 0 Å². The molecule has 0 aromatic carbocycles. The molecule has 0 heterocycles. The molecule has 0 aliphatic carbocycles. The number of ether oxygens (including phenoxy) is 2. The van der Waals surface area contributed by atoms with Gasteiger partial charge in [0.25, 0.3) is 0 Å². The number of hydrogen-bond acceptors (Lipinski definition) is 7. The van der Waals surface area contributed by atoms with Crippen molar-refractivity contribution in [1.82, 2.24) is 0 Å². The lowest BCUT2D eigenvalue weighted by Gasteiger charge is -2.24. The number of unbranched alkanes of at least 4 members (excludes halogenated alkanes) is 4. The van der Waals surface area contributed by atoms with Gasteiger partial charge >= 0.3 is 19.8 Å². The van der Waals surface area contributed by atoms with Crippen molar-refractivity contribution in [3.05, 3.63) is 219 Å². The number of quaternary nitrogens is 1. The summed E-state index contributed by atoms with van der Waals surface area (Å²) in [6.07, 6.45) is 100. The summed E-state index contributed by atoms with van der Waals surface area (Å²) in [7, 11) is 1.38. The maximum atomic E-state index is 12.8. The molecule has 0 aromatic rings. The van der Waals surface area contributed by atoms with Gasteiger partial charge in [-0.2, -0.15) is 0 Å². The van der Waals surface area contributed by atoms with Crippen molar-refractivity contribution in [1.29, 1.82) is 0 Å². The lowest BCUT2D eigenvalue weighted by atomic mass is 10.1. The first-order valence-electron chi connectivity index (χ1n) is 31.5. The van der Waals surface area contributed by atoms with E-state index in [-0.39, 0.29) is 26.1 Å². The van der Waals surface area contributed by atoms with E-state index < -0.39 is 32.5 Å². The number of rotatable bonds is 54. The van der Waals surface area contributed by atoms with E-state index in [9.17, 15) is 19.0 Å². The Balaban J connectivity index is 4.39. The first-order valence-corrected chi connectivity index (χ1v) is 33.0. The third-order valence-electron chi connectivity index (χ3n) is 12.0. The molecule has 0 saturated heterocycles. The van der Waals surface area contributed by atoms with E-state index in [1.54, 1.807) is 0 Å². The van der Waals surface area contributed by atoms with Gasteiger partial charge in [-0.25, -0.2) is 4.57 Å². The van der Waals surface area contributed by atoms with Crippen molar-refractivity contribution in [2.45, 2.75) is 187 Å². The highest BCUT2D eigenvalue weighted by atomic mass is 31.2. The van der Waals surface area contributed by atoms with Crippen molar-refractivity contribution in [2.75, 3.05) is 47.5 Å². The number of phosphoric ester groups is 1. The van der Waals surface area contributed by atoms with Crippen molar-refractivity contribution >= 4 is 19.8 Å². The summed E-state index contributed by atoms with van der Waals surface area (Å²) in [4.78, 5) is 35.7. The largest absolute Gasteiger partial charge is 0.472 e. The summed E-state index contributed by atoms with van der Waals surface area (Å²) in [5, 5.41) is 0. The van der Waals surface area contributed by atoms with E-state index in [1.807, 2.05) is 21.1 Å². The lowest BCUT2D eigenvalue weighted by Crippen LogP contribution is -2.37. The number of likely N-dealkylation sites (N-methyl/N-ethyl adjacent to an activating group) is 1. The molecular weight excluding hydrogens is 1060 g/mol. The fourth-order valence-electron chi connectivity index (χ4n) is 7.24. The van der Waals surface area contributed by atoms with Gasteiger partial charge in [0.05, 0.1) is 27.7 Å². The number of hydrogen-bond donors (Lipinski definition) is 1. The molecule has 0 aliphatic heterocycles. The highest BCUT2D eigenvalue weighted by Crippen LogP contribution is 2.43. The van der Waals surface area contributed by atoms with Gasteiger partial charge in [-0.05, 0) is 148 Å². The molecule has 84 heavy (non-hydrogen) atoms. The van der Waals surface area contributed by atoms with Crippen LogP contribution in [0, 0.1) is 0 Å². The summed E-state index contributed by atoms with van der Waals surface area (Å²) in [5.74, 6) is -0.929. The van der Waals surface area contributed by atoms with Crippen LogP contribution in [-0.4, -0.2) is 74.9 Å². The zero-order valence-electron chi connectivity index (χ0n) is 52.8. The molecule has 0 fully saturated rings. The molecule has 9 nitrogen and oxygen atoms in total. The zero-order valence-corrected chi connectivity index (χ0v) is 53.7. The van der Waals surface area contributed by atoms with Gasteiger partial charge < -0.3 is 18.9 Å². The maximum absolute atomic E-state index is 12.8. The van der Waals surface area contributed by atoms with Crippen LogP contribution in [0.4, 0.5) is 0 Å². The van der Waals surface area contributed by atoms with Crippen LogP contribution in [0.2, 0.25) is 0 Å². The molecule has 0 radical (unpaired) electrons. The Kier molecular flexibility index (Phi) is 57.7. The predicted octanol–water partition coefficient (Wildman–Crippen LogP) is 20.5. The van der Waals surface area contributed by atoms with Crippen LogP contribution in [0.1, 0.15) is 181 Å². The van der Waals surface area contributed by atoms with E-state index in [4.69, 9.17) is 18.5 Å². The Hall–Kier alpha value is -5.67. The molecule has 0 bridgehead atoms. The van der Waals surface area contributed by atoms with Crippen LogP contribution >= 0.6 is 7.82 Å². The van der Waals surface area contributed by atoms with E-state index in [0.29, 0.717) is 30.3 Å². The second kappa shape index (κ2) is 61.9. The van der Waals surface area contributed by atoms with Crippen LogP contribution in [0.5, 0.6) is 0 Å². The summed E-state index contributed by atoms with van der Waals surface area (Å²) in [5.41, 5.74) is 0.